The quantitative estimate of drug-likeness (QED) is 0.808. The minimum atomic E-state index is -0.523. The molecule has 0 radical (unpaired) electrons. The van der Waals surface area contributed by atoms with E-state index in [1.807, 2.05) is 24.3 Å². The molecule has 2 rings (SSSR count). The van der Waals surface area contributed by atoms with E-state index in [0.29, 0.717) is 6.42 Å². The maximum Gasteiger partial charge on any atom is 0.407 e. The standard InChI is InChI=1S/C13H15NO4/c1-8(15)18-12-10-6-4-3-5-9(10)7-11(12)14-13(16)17-2/h3-6,11-12H,7H2,1-2H3,(H,14,16). The number of carbonyl (C=O) groups is 2. The molecule has 0 aromatic heterocycles. The van der Waals surface area contributed by atoms with Crippen molar-refractivity contribution in [2.75, 3.05) is 7.11 Å². The summed E-state index contributed by atoms with van der Waals surface area (Å²) >= 11 is 0. The Morgan fingerprint density at radius 3 is 2.72 bits per heavy atom. The van der Waals surface area contributed by atoms with Crippen molar-refractivity contribution in [2.45, 2.75) is 25.5 Å². The Balaban J connectivity index is 2.22. The van der Waals surface area contributed by atoms with Gasteiger partial charge in [-0.2, -0.15) is 0 Å². The minimum Gasteiger partial charge on any atom is -0.455 e. The fourth-order valence-corrected chi connectivity index (χ4v) is 2.22. The summed E-state index contributed by atoms with van der Waals surface area (Å²) in [5, 5.41) is 2.69. The van der Waals surface area contributed by atoms with Gasteiger partial charge in [-0.1, -0.05) is 24.3 Å². The van der Waals surface area contributed by atoms with Gasteiger partial charge >= 0.3 is 12.1 Å². The number of benzene rings is 1. The first-order chi connectivity index (χ1) is 8.61. The van der Waals surface area contributed by atoms with Crippen molar-refractivity contribution in [3.8, 4) is 0 Å². The molecule has 5 heteroatoms. The predicted molar refractivity (Wildman–Crippen MR) is 64.0 cm³/mol. The first kappa shape index (κ1) is 12.4. The van der Waals surface area contributed by atoms with Gasteiger partial charge in [-0.3, -0.25) is 4.79 Å². The Hall–Kier alpha value is -2.04. The molecule has 1 N–H and O–H groups in total. The molecule has 0 saturated carbocycles. The molecule has 96 valence electrons. The summed E-state index contributed by atoms with van der Waals surface area (Å²) in [6.07, 6.45) is -0.341. The number of esters is 1. The summed E-state index contributed by atoms with van der Waals surface area (Å²) in [7, 11) is 1.30. The largest absolute Gasteiger partial charge is 0.455 e. The molecular formula is C13H15NO4. The molecule has 2 atom stereocenters. The van der Waals surface area contributed by atoms with Crippen LogP contribution >= 0.6 is 0 Å². The summed E-state index contributed by atoms with van der Waals surface area (Å²) in [4.78, 5) is 22.4. The molecular weight excluding hydrogens is 234 g/mol. The monoisotopic (exact) mass is 249 g/mol. The third kappa shape index (κ3) is 2.45. The summed E-state index contributed by atoms with van der Waals surface area (Å²) in [6, 6.07) is 7.39. The number of rotatable bonds is 2. The van der Waals surface area contributed by atoms with Crippen molar-refractivity contribution in [1.82, 2.24) is 5.32 Å². The van der Waals surface area contributed by atoms with Gasteiger partial charge in [0, 0.05) is 6.92 Å². The molecule has 1 aromatic rings. The Morgan fingerprint density at radius 2 is 2.06 bits per heavy atom. The lowest BCUT2D eigenvalue weighted by Crippen LogP contribution is -2.39. The van der Waals surface area contributed by atoms with Crippen molar-refractivity contribution >= 4 is 12.1 Å². The number of nitrogens with one attached hydrogen (secondary N) is 1. The second kappa shape index (κ2) is 5.08. The second-order valence-corrected chi connectivity index (χ2v) is 4.18. The summed E-state index contributed by atoms with van der Waals surface area (Å²) in [5.74, 6) is -0.367. The van der Waals surface area contributed by atoms with Crippen LogP contribution in [0.25, 0.3) is 0 Å². The van der Waals surface area contributed by atoms with E-state index >= 15 is 0 Å². The lowest BCUT2D eigenvalue weighted by molar-refractivity contribution is -0.147. The van der Waals surface area contributed by atoms with Crippen LogP contribution in [-0.2, 0) is 20.7 Å². The van der Waals surface area contributed by atoms with Crippen LogP contribution in [0.3, 0.4) is 0 Å². The van der Waals surface area contributed by atoms with E-state index in [4.69, 9.17) is 4.74 Å². The first-order valence-electron chi connectivity index (χ1n) is 5.71. The van der Waals surface area contributed by atoms with Crippen LogP contribution in [0.1, 0.15) is 24.2 Å². The maximum absolute atomic E-state index is 11.3. The third-order valence-corrected chi connectivity index (χ3v) is 2.95. The normalized spacial score (nSPS) is 21.0. The fourth-order valence-electron chi connectivity index (χ4n) is 2.22. The van der Waals surface area contributed by atoms with Crippen LogP contribution in [0.4, 0.5) is 4.79 Å². The van der Waals surface area contributed by atoms with Gasteiger partial charge in [-0.05, 0) is 17.5 Å². The SMILES string of the molecule is COC(=O)NC1Cc2ccccc2C1OC(C)=O. The number of alkyl carbamates (subject to hydrolysis) is 1. The average molecular weight is 249 g/mol. The topological polar surface area (TPSA) is 64.6 Å². The zero-order valence-corrected chi connectivity index (χ0v) is 10.3. The highest BCUT2D eigenvalue weighted by Crippen LogP contribution is 2.34. The Bertz CT molecular complexity index is 472. The number of hydrogen-bond donors (Lipinski definition) is 1. The maximum atomic E-state index is 11.3. The highest BCUT2D eigenvalue weighted by atomic mass is 16.6. The van der Waals surface area contributed by atoms with Gasteiger partial charge < -0.3 is 14.8 Å². The lowest BCUT2D eigenvalue weighted by Gasteiger charge is -2.20. The molecule has 1 aliphatic carbocycles. The Labute approximate surface area is 105 Å². The van der Waals surface area contributed by atoms with E-state index in [-0.39, 0.29) is 12.0 Å². The van der Waals surface area contributed by atoms with Crippen LogP contribution < -0.4 is 5.32 Å². The molecule has 0 fully saturated rings. The van der Waals surface area contributed by atoms with Crippen molar-refractivity contribution in [1.29, 1.82) is 0 Å². The summed E-state index contributed by atoms with van der Waals surface area (Å²) < 4.78 is 9.86. The van der Waals surface area contributed by atoms with E-state index in [9.17, 15) is 9.59 Å². The van der Waals surface area contributed by atoms with Gasteiger partial charge in [-0.25, -0.2) is 4.79 Å². The fraction of sp³-hybridized carbons (Fsp3) is 0.385. The third-order valence-electron chi connectivity index (χ3n) is 2.95. The number of carbonyl (C=O) groups excluding carboxylic acids is 2. The smallest absolute Gasteiger partial charge is 0.407 e. The van der Waals surface area contributed by atoms with Gasteiger partial charge in [0.15, 0.2) is 0 Å². The van der Waals surface area contributed by atoms with Crippen LogP contribution in [0.2, 0.25) is 0 Å². The van der Waals surface area contributed by atoms with Gasteiger partial charge in [0.05, 0.1) is 13.2 Å². The molecule has 1 aromatic carbocycles. The van der Waals surface area contributed by atoms with Crippen LogP contribution in [0, 0.1) is 0 Å². The van der Waals surface area contributed by atoms with Crippen LogP contribution in [0.5, 0.6) is 0 Å². The van der Waals surface area contributed by atoms with E-state index in [0.717, 1.165) is 11.1 Å². The number of methoxy groups -OCH3 is 1. The predicted octanol–water partition coefficient (Wildman–Crippen LogP) is 1.57. The van der Waals surface area contributed by atoms with Crippen molar-refractivity contribution in [3.63, 3.8) is 0 Å². The molecule has 5 nitrogen and oxygen atoms in total. The van der Waals surface area contributed by atoms with E-state index in [2.05, 4.69) is 10.1 Å². The molecule has 2 unspecified atom stereocenters. The zero-order valence-electron chi connectivity index (χ0n) is 10.3. The average Bonchev–Trinajstić information content (AvgIpc) is 2.67. The van der Waals surface area contributed by atoms with E-state index < -0.39 is 12.2 Å². The number of fused-ring (bicyclic) bond motifs is 1. The van der Waals surface area contributed by atoms with Crippen LogP contribution in [0.15, 0.2) is 24.3 Å². The molecule has 0 spiro atoms. The second-order valence-electron chi connectivity index (χ2n) is 4.18. The Kier molecular flexibility index (Phi) is 3.50. The minimum absolute atomic E-state index is 0.279. The molecule has 18 heavy (non-hydrogen) atoms. The zero-order chi connectivity index (χ0) is 13.1. The molecule has 1 amide bonds. The van der Waals surface area contributed by atoms with Crippen LogP contribution in [-0.4, -0.2) is 25.2 Å². The molecule has 0 bridgehead atoms. The number of ether oxygens (including phenoxy) is 2. The van der Waals surface area contributed by atoms with Gasteiger partial charge in [0.1, 0.15) is 6.10 Å². The molecule has 0 heterocycles. The number of amides is 1. The van der Waals surface area contributed by atoms with E-state index in [1.165, 1.54) is 14.0 Å². The highest BCUT2D eigenvalue weighted by molar-refractivity contribution is 5.69. The summed E-state index contributed by atoms with van der Waals surface area (Å²) in [5.41, 5.74) is 2.01. The highest BCUT2D eigenvalue weighted by Gasteiger charge is 2.35. The van der Waals surface area contributed by atoms with Crippen molar-refractivity contribution in [3.05, 3.63) is 35.4 Å². The van der Waals surface area contributed by atoms with Gasteiger partial charge in [0.25, 0.3) is 0 Å². The van der Waals surface area contributed by atoms with Crippen molar-refractivity contribution in [2.24, 2.45) is 0 Å². The Morgan fingerprint density at radius 1 is 1.33 bits per heavy atom. The van der Waals surface area contributed by atoms with Gasteiger partial charge in [0.2, 0.25) is 0 Å². The summed E-state index contributed by atoms with van der Waals surface area (Å²) in [6.45, 7) is 1.36. The molecule has 1 aliphatic rings. The lowest BCUT2D eigenvalue weighted by atomic mass is 10.1. The molecule has 0 saturated heterocycles. The number of hydrogen-bond acceptors (Lipinski definition) is 4. The van der Waals surface area contributed by atoms with Crippen molar-refractivity contribution < 1.29 is 19.1 Å². The first-order valence-corrected chi connectivity index (χ1v) is 5.71. The molecule has 0 aliphatic heterocycles. The van der Waals surface area contributed by atoms with E-state index in [1.54, 1.807) is 0 Å². The van der Waals surface area contributed by atoms with Gasteiger partial charge in [-0.15, -0.1) is 0 Å².